The van der Waals surface area contributed by atoms with E-state index >= 15 is 0 Å². The highest BCUT2D eigenvalue weighted by Crippen LogP contribution is 2.29. The Hall–Kier alpha value is -2.18. The van der Waals surface area contributed by atoms with Crippen LogP contribution in [0.1, 0.15) is 18.1 Å². The van der Waals surface area contributed by atoms with E-state index in [1.54, 1.807) is 36.5 Å². The number of carboxylic acid groups (broad SMARTS) is 1. The summed E-state index contributed by atoms with van der Waals surface area (Å²) in [5.74, 6) is -1.16. The van der Waals surface area contributed by atoms with Crippen molar-refractivity contribution < 1.29 is 20.1 Å². The molecule has 0 aliphatic carbocycles. The van der Waals surface area contributed by atoms with Crippen LogP contribution < -0.4 is 0 Å². The lowest BCUT2D eigenvalue weighted by atomic mass is 9.95. The third kappa shape index (κ3) is 2.98. The van der Waals surface area contributed by atoms with Gasteiger partial charge in [0.05, 0.1) is 18.2 Å². The maximum Gasteiger partial charge on any atom is 0.306 e. The zero-order chi connectivity index (χ0) is 13.8. The molecule has 1 aromatic heterocycles. The predicted molar refractivity (Wildman–Crippen MR) is 67.2 cm³/mol. The molecule has 2 rings (SSSR count). The van der Waals surface area contributed by atoms with Gasteiger partial charge in [-0.05, 0) is 11.6 Å². The highest BCUT2D eigenvalue weighted by atomic mass is 16.4. The number of nitrogens with one attached hydrogen (secondary N) is 1. The summed E-state index contributed by atoms with van der Waals surface area (Å²) in [5.41, 5.74) is 1.83. The number of aromatic amines is 1. The first kappa shape index (κ1) is 13.3. The van der Waals surface area contributed by atoms with Crippen LogP contribution >= 0.6 is 0 Å². The largest absolute Gasteiger partial charge is 0.481 e. The minimum atomic E-state index is -1.36. The molecule has 0 spiro atoms. The van der Waals surface area contributed by atoms with Gasteiger partial charge in [0.1, 0.15) is 6.10 Å². The van der Waals surface area contributed by atoms with Crippen molar-refractivity contribution in [2.75, 3.05) is 0 Å². The molecule has 0 fully saturated rings. The molecule has 100 valence electrons. The summed E-state index contributed by atoms with van der Waals surface area (Å²) >= 11 is 0. The number of carbonyl (C=O) groups is 1. The van der Waals surface area contributed by atoms with E-state index in [1.165, 1.54) is 0 Å². The zero-order valence-corrected chi connectivity index (χ0v) is 10.0. The van der Waals surface area contributed by atoms with Crippen LogP contribution in [0.2, 0.25) is 0 Å². The number of rotatable bonds is 5. The monoisotopic (exact) mass is 262 g/mol. The smallest absolute Gasteiger partial charge is 0.306 e. The number of aliphatic carboxylic acids is 1. The van der Waals surface area contributed by atoms with Crippen molar-refractivity contribution in [1.29, 1.82) is 0 Å². The topological polar surface area (TPSA) is 106 Å². The Balaban J connectivity index is 2.32. The number of H-pyrrole nitrogens is 1. The van der Waals surface area contributed by atoms with Crippen molar-refractivity contribution in [3.8, 4) is 11.3 Å². The van der Waals surface area contributed by atoms with Crippen LogP contribution in [0.5, 0.6) is 0 Å². The Morgan fingerprint density at radius 1 is 1.26 bits per heavy atom. The molecular weight excluding hydrogens is 248 g/mol. The van der Waals surface area contributed by atoms with Gasteiger partial charge in [0, 0.05) is 11.8 Å². The lowest BCUT2D eigenvalue weighted by Crippen LogP contribution is -2.22. The first-order valence-electron chi connectivity index (χ1n) is 5.76. The summed E-state index contributed by atoms with van der Waals surface area (Å²) in [6, 6.07) is 8.64. The number of hydrogen-bond donors (Lipinski definition) is 4. The van der Waals surface area contributed by atoms with Gasteiger partial charge in [-0.25, -0.2) is 0 Å². The van der Waals surface area contributed by atoms with Crippen LogP contribution in [0.15, 0.2) is 36.5 Å². The van der Waals surface area contributed by atoms with E-state index in [0.717, 1.165) is 0 Å². The molecule has 0 aliphatic rings. The van der Waals surface area contributed by atoms with Crippen LogP contribution in [-0.2, 0) is 4.79 Å². The van der Waals surface area contributed by atoms with Crippen LogP contribution in [0, 0.1) is 0 Å². The Bertz CT molecular complexity index is 554. The molecule has 6 heteroatoms. The number of aliphatic hydroxyl groups is 2. The van der Waals surface area contributed by atoms with Gasteiger partial charge >= 0.3 is 5.97 Å². The summed E-state index contributed by atoms with van der Waals surface area (Å²) in [4.78, 5) is 10.6. The lowest BCUT2D eigenvalue weighted by molar-refractivity contribution is -0.141. The average Bonchev–Trinajstić information content (AvgIpc) is 2.91. The minimum Gasteiger partial charge on any atom is -0.481 e. The van der Waals surface area contributed by atoms with Crippen molar-refractivity contribution in [3.05, 3.63) is 42.1 Å². The fraction of sp³-hybridized carbons (Fsp3) is 0.231. The molecule has 0 bridgehead atoms. The maximum absolute atomic E-state index is 10.6. The second-order valence-electron chi connectivity index (χ2n) is 4.17. The molecule has 0 radical (unpaired) electrons. The quantitative estimate of drug-likeness (QED) is 0.641. The molecule has 0 amide bonds. The number of benzene rings is 1. The Labute approximate surface area is 109 Å². The summed E-state index contributed by atoms with van der Waals surface area (Å²) in [7, 11) is 0. The van der Waals surface area contributed by atoms with Gasteiger partial charge in [0.25, 0.3) is 0 Å². The van der Waals surface area contributed by atoms with Gasteiger partial charge in [-0.15, -0.1) is 0 Å². The number of aromatic nitrogens is 2. The molecule has 2 aromatic rings. The van der Waals surface area contributed by atoms with Gasteiger partial charge in [0.15, 0.2) is 0 Å². The van der Waals surface area contributed by atoms with E-state index in [1.807, 2.05) is 0 Å². The summed E-state index contributed by atoms with van der Waals surface area (Å²) in [5, 5.41) is 35.0. The molecule has 0 saturated carbocycles. The first-order valence-corrected chi connectivity index (χ1v) is 5.76. The van der Waals surface area contributed by atoms with E-state index in [4.69, 9.17) is 5.11 Å². The molecule has 19 heavy (non-hydrogen) atoms. The fourth-order valence-corrected chi connectivity index (χ4v) is 1.90. The van der Waals surface area contributed by atoms with Crippen molar-refractivity contribution in [2.24, 2.45) is 0 Å². The molecule has 0 saturated heterocycles. The van der Waals surface area contributed by atoms with Crippen molar-refractivity contribution in [2.45, 2.75) is 18.6 Å². The number of carboxylic acids is 1. The van der Waals surface area contributed by atoms with E-state index in [9.17, 15) is 15.0 Å². The SMILES string of the molecule is O=C(O)CC(O)C(O)c1ccccc1-c1ccn[nH]1. The highest BCUT2D eigenvalue weighted by Gasteiger charge is 2.23. The number of nitrogens with zero attached hydrogens (tertiary/aromatic N) is 1. The van der Waals surface area contributed by atoms with E-state index in [0.29, 0.717) is 16.8 Å². The van der Waals surface area contributed by atoms with Gasteiger partial charge in [-0.3, -0.25) is 9.89 Å². The molecule has 1 aromatic carbocycles. The van der Waals surface area contributed by atoms with E-state index < -0.39 is 24.6 Å². The Morgan fingerprint density at radius 2 is 2.00 bits per heavy atom. The maximum atomic E-state index is 10.6. The third-order valence-electron chi connectivity index (χ3n) is 2.82. The third-order valence-corrected chi connectivity index (χ3v) is 2.82. The molecule has 0 aliphatic heterocycles. The molecule has 6 nitrogen and oxygen atoms in total. The van der Waals surface area contributed by atoms with Crippen molar-refractivity contribution in [3.63, 3.8) is 0 Å². The molecule has 1 heterocycles. The van der Waals surface area contributed by atoms with E-state index in [-0.39, 0.29) is 0 Å². The van der Waals surface area contributed by atoms with Gasteiger partial charge in [-0.1, -0.05) is 24.3 Å². The molecule has 2 unspecified atom stereocenters. The Morgan fingerprint density at radius 3 is 2.63 bits per heavy atom. The summed E-state index contributed by atoms with van der Waals surface area (Å²) in [6.07, 6.45) is -1.57. The zero-order valence-electron chi connectivity index (χ0n) is 10.0. The normalized spacial score (nSPS) is 14.0. The second-order valence-corrected chi connectivity index (χ2v) is 4.17. The average molecular weight is 262 g/mol. The van der Waals surface area contributed by atoms with Crippen molar-refractivity contribution >= 4 is 5.97 Å². The number of aliphatic hydroxyl groups excluding tert-OH is 2. The predicted octanol–water partition coefficient (Wildman–Crippen LogP) is 0.946. The lowest BCUT2D eigenvalue weighted by Gasteiger charge is -2.19. The molecule has 2 atom stereocenters. The second kappa shape index (κ2) is 5.64. The highest BCUT2D eigenvalue weighted by molar-refractivity contribution is 5.68. The van der Waals surface area contributed by atoms with Crippen LogP contribution in [0.4, 0.5) is 0 Å². The fourth-order valence-electron chi connectivity index (χ4n) is 1.90. The van der Waals surface area contributed by atoms with Crippen LogP contribution in [0.25, 0.3) is 11.3 Å². The van der Waals surface area contributed by atoms with E-state index in [2.05, 4.69) is 10.2 Å². The standard InChI is InChI=1S/C13H14N2O4/c16-11(7-12(17)18)13(19)9-4-2-1-3-8(9)10-5-6-14-15-10/h1-6,11,13,16,19H,7H2,(H,14,15)(H,17,18). The van der Waals surface area contributed by atoms with Crippen LogP contribution in [0.3, 0.4) is 0 Å². The summed E-state index contributed by atoms with van der Waals surface area (Å²) in [6.45, 7) is 0. The first-order chi connectivity index (χ1) is 9.09. The van der Waals surface area contributed by atoms with Crippen molar-refractivity contribution in [1.82, 2.24) is 10.2 Å². The van der Waals surface area contributed by atoms with Gasteiger partial charge in [0.2, 0.25) is 0 Å². The van der Waals surface area contributed by atoms with Crippen LogP contribution in [-0.4, -0.2) is 37.6 Å². The number of hydrogen-bond acceptors (Lipinski definition) is 4. The van der Waals surface area contributed by atoms with Gasteiger partial charge < -0.3 is 15.3 Å². The molecule has 4 N–H and O–H groups in total. The summed E-state index contributed by atoms with van der Waals surface area (Å²) < 4.78 is 0. The van der Waals surface area contributed by atoms with Gasteiger partial charge in [-0.2, -0.15) is 5.10 Å². The minimum absolute atomic E-state index is 0.459. The Kier molecular flexibility index (Phi) is 3.94. The molecular formula is C13H14N2O4.